The van der Waals surface area contributed by atoms with Crippen molar-refractivity contribution in [2.24, 2.45) is 11.8 Å². The number of likely N-dealkylation sites (tertiary alicyclic amines) is 1. The van der Waals surface area contributed by atoms with Gasteiger partial charge >= 0.3 is 6.18 Å². The normalized spacial score (nSPS) is 20.9. The van der Waals surface area contributed by atoms with E-state index in [0.717, 1.165) is 63.9 Å². The Bertz CT molecular complexity index is 1280. The number of carbonyl (C=O) groups is 1. The number of halogens is 5. The molecule has 1 saturated heterocycles. The molecule has 1 aliphatic carbocycles. The van der Waals surface area contributed by atoms with Gasteiger partial charge in [0.05, 0.1) is 23.1 Å². The number of hydrogen-bond donors (Lipinski definition) is 1. The molecule has 0 unspecified atom stereocenters. The molecule has 1 aliphatic heterocycles. The highest BCUT2D eigenvalue weighted by atomic mass is 19.4. The molecule has 198 valence electrons. The number of fused-ring (bicyclic) bond motifs is 1. The van der Waals surface area contributed by atoms with E-state index in [2.05, 4.69) is 15.0 Å². The van der Waals surface area contributed by atoms with E-state index in [9.17, 15) is 26.7 Å². The monoisotopic (exact) mass is 520 g/mol. The number of rotatable bonds is 5. The van der Waals surface area contributed by atoms with Gasteiger partial charge in [0.25, 0.3) is 0 Å². The highest BCUT2D eigenvalue weighted by molar-refractivity contribution is 5.93. The Morgan fingerprint density at radius 2 is 1.81 bits per heavy atom. The van der Waals surface area contributed by atoms with Gasteiger partial charge in [-0.3, -0.25) is 4.79 Å². The fourth-order valence-corrected chi connectivity index (χ4v) is 5.83. The maximum atomic E-state index is 15.0. The first-order valence-electron chi connectivity index (χ1n) is 12.9. The quantitative estimate of drug-likeness (QED) is 0.382. The van der Waals surface area contributed by atoms with Crippen molar-refractivity contribution in [1.82, 2.24) is 19.9 Å². The van der Waals surface area contributed by atoms with E-state index >= 15 is 0 Å². The van der Waals surface area contributed by atoms with Crippen LogP contribution in [0.5, 0.6) is 0 Å². The molecule has 0 bridgehead atoms. The number of H-pyrrole nitrogens is 1. The van der Waals surface area contributed by atoms with Gasteiger partial charge in [0, 0.05) is 36.7 Å². The predicted molar refractivity (Wildman–Crippen MR) is 128 cm³/mol. The van der Waals surface area contributed by atoms with Gasteiger partial charge in [-0.15, -0.1) is 0 Å². The van der Waals surface area contributed by atoms with Crippen LogP contribution in [0.1, 0.15) is 62.6 Å². The summed E-state index contributed by atoms with van der Waals surface area (Å²) in [4.78, 5) is 25.5. The maximum absolute atomic E-state index is 15.0. The fourth-order valence-electron chi connectivity index (χ4n) is 5.83. The minimum atomic E-state index is -4.85. The van der Waals surface area contributed by atoms with Crippen molar-refractivity contribution < 1.29 is 26.7 Å². The number of piperidine rings is 1. The standard InChI is InChI=1S/C27H29F5N4O/c28-18-12-19-20(15-34-26(19)33-14-18)25-21(27(30,31)32)13-22(29)23(35-25)10-16-5-4-6-17(9-16)11-24(37)36-7-2-1-3-8-36/h12-17H,1-11H2,(H,33,34)/t16-,17+/m0/s1. The number of nitrogens with one attached hydrogen (secondary N) is 1. The van der Waals surface area contributed by atoms with Gasteiger partial charge in [-0.1, -0.05) is 12.8 Å². The lowest BCUT2D eigenvalue weighted by Gasteiger charge is -2.32. The third kappa shape index (κ3) is 5.62. The Labute approximate surface area is 211 Å². The van der Waals surface area contributed by atoms with Crippen LogP contribution in [0.3, 0.4) is 0 Å². The van der Waals surface area contributed by atoms with Crippen LogP contribution in [0, 0.1) is 23.5 Å². The molecule has 2 atom stereocenters. The second-order valence-electron chi connectivity index (χ2n) is 10.3. The van der Waals surface area contributed by atoms with E-state index in [1.165, 1.54) is 6.20 Å². The summed E-state index contributed by atoms with van der Waals surface area (Å²) in [6.45, 7) is 1.59. The third-order valence-electron chi connectivity index (χ3n) is 7.65. The molecule has 1 amide bonds. The highest BCUT2D eigenvalue weighted by Crippen LogP contribution is 2.40. The number of carbonyl (C=O) groups excluding carboxylic acids is 1. The van der Waals surface area contributed by atoms with Gasteiger partial charge in [0.1, 0.15) is 17.3 Å². The largest absolute Gasteiger partial charge is 0.418 e. The molecule has 0 aromatic carbocycles. The van der Waals surface area contributed by atoms with Gasteiger partial charge in [0.2, 0.25) is 5.91 Å². The lowest BCUT2D eigenvalue weighted by molar-refractivity contribution is -0.137. The molecule has 3 aromatic heterocycles. The third-order valence-corrected chi connectivity index (χ3v) is 7.65. The van der Waals surface area contributed by atoms with E-state index in [1.807, 2.05) is 4.90 Å². The minimum absolute atomic E-state index is 0.0153. The first-order valence-corrected chi connectivity index (χ1v) is 12.9. The Kier molecular flexibility index (Phi) is 7.18. The van der Waals surface area contributed by atoms with Crippen molar-refractivity contribution in [3.8, 4) is 11.3 Å². The lowest BCUT2D eigenvalue weighted by Crippen LogP contribution is -2.37. The summed E-state index contributed by atoms with van der Waals surface area (Å²) in [5, 5.41) is 0.143. The lowest BCUT2D eigenvalue weighted by atomic mass is 9.77. The van der Waals surface area contributed by atoms with E-state index in [1.54, 1.807) is 0 Å². The van der Waals surface area contributed by atoms with Crippen molar-refractivity contribution >= 4 is 16.9 Å². The molecule has 5 rings (SSSR count). The van der Waals surface area contributed by atoms with Crippen molar-refractivity contribution in [1.29, 1.82) is 0 Å². The molecule has 3 aromatic rings. The van der Waals surface area contributed by atoms with Crippen LogP contribution in [-0.4, -0.2) is 38.8 Å². The van der Waals surface area contributed by atoms with E-state index < -0.39 is 29.1 Å². The average Bonchev–Trinajstić information content (AvgIpc) is 3.28. The predicted octanol–water partition coefficient (Wildman–Crippen LogP) is 6.67. The molecule has 10 heteroatoms. The van der Waals surface area contributed by atoms with Crippen LogP contribution in [0.15, 0.2) is 24.5 Å². The van der Waals surface area contributed by atoms with Crippen LogP contribution in [0.2, 0.25) is 0 Å². The summed E-state index contributed by atoms with van der Waals surface area (Å²) in [7, 11) is 0. The minimum Gasteiger partial charge on any atom is -0.345 e. The first kappa shape index (κ1) is 25.6. The summed E-state index contributed by atoms with van der Waals surface area (Å²) in [5.41, 5.74) is -1.48. The fraction of sp³-hybridized carbons (Fsp3) is 0.519. The molecule has 4 heterocycles. The Balaban J connectivity index is 1.39. The highest BCUT2D eigenvalue weighted by Gasteiger charge is 2.37. The van der Waals surface area contributed by atoms with Gasteiger partial charge in [-0.05, 0) is 62.5 Å². The Morgan fingerprint density at radius 1 is 1.05 bits per heavy atom. The van der Waals surface area contributed by atoms with Crippen molar-refractivity contribution in [3.05, 3.63) is 47.4 Å². The van der Waals surface area contributed by atoms with Crippen molar-refractivity contribution in [2.75, 3.05) is 13.1 Å². The van der Waals surface area contributed by atoms with E-state index in [4.69, 9.17) is 0 Å². The molecule has 5 nitrogen and oxygen atoms in total. The number of hydrogen-bond acceptors (Lipinski definition) is 3. The number of aromatic nitrogens is 3. The van der Waals surface area contributed by atoms with Crippen LogP contribution in [-0.2, 0) is 17.4 Å². The summed E-state index contributed by atoms with van der Waals surface area (Å²) in [5.74, 6) is -1.36. The number of alkyl halides is 3. The summed E-state index contributed by atoms with van der Waals surface area (Å²) >= 11 is 0. The van der Waals surface area contributed by atoms with Gasteiger partial charge < -0.3 is 9.88 Å². The van der Waals surface area contributed by atoms with Gasteiger partial charge in [0.15, 0.2) is 0 Å². The molecular formula is C27H29F5N4O. The molecule has 2 fully saturated rings. The number of amides is 1. The van der Waals surface area contributed by atoms with Crippen LogP contribution in [0.25, 0.3) is 22.3 Å². The number of aromatic amines is 1. The first-order chi connectivity index (χ1) is 17.7. The smallest absolute Gasteiger partial charge is 0.345 e. The topological polar surface area (TPSA) is 61.9 Å². The summed E-state index contributed by atoms with van der Waals surface area (Å²) in [6, 6.07) is 1.58. The second-order valence-corrected chi connectivity index (χ2v) is 10.3. The summed E-state index contributed by atoms with van der Waals surface area (Å²) in [6.07, 6.45) is 4.55. The Hall–Kier alpha value is -3.04. The molecule has 1 saturated carbocycles. The molecule has 2 aliphatic rings. The zero-order chi connectivity index (χ0) is 26.2. The Morgan fingerprint density at radius 3 is 2.57 bits per heavy atom. The molecule has 37 heavy (non-hydrogen) atoms. The second kappa shape index (κ2) is 10.4. The average molecular weight is 521 g/mol. The summed E-state index contributed by atoms with van der Waals surface area (Å²) < 4.78 is 70.4. The SMILES string of the molecule is O=C(C[C@@H]1CCC[C@H](Cc2nc(-c3c[nH]c4ncc(F)cc34)c(C(F)(F)F)cc2F)C1)N1CCCCC1. The van der Waals surface area contributed by atoms with Crippen LogP contribution in [0.4, 0.5) is 22.0 Å². The zero-order valence-corrected chi connectivity index (χ0v) is 20.4. The molecule has 0 radical (unpaired) electrons. The van der Waals surface area contributed by atoms with Crippen LogP contribution >= 0.6 is 0 Å². The van der Waals surface area contributed by atoms with E-state index in [0.29, 0.717) is 18.9 Å². The number of nitrogens with zero attached hydrogens (tertiary/aromatic N) is 3. The van der Waals surface area contributed by atoms with Crippen molar-refractivity contribution in [3.63, 3.8) is 0 Å². The molecular weight excluding hydrogens is 491 g/mol. The van der Waals surface area contributed by atoms with Crippen molar-refractivity contribution in [2.45, 2.75) is 64.0 Å². The van der Waals surface area contributed by atoms with Gasteiger partial charge in [-0.25, -0.2) is 18.7 Å². The number of pyridine rings is 2. The van der Waals surface area contributed by atoms with Gasteiger partial charge in [-0.2, -0.15) is 13.2 Å². The molecule has 1 N–H and O–H groups in total. The maximum Gasteiger partial charge on any atom is 0.418 e. The van der Waals surface area contributed by atoms with Crippen LogP contribution < -0.4 is 0 Å². The van der Waals surface area contributed by atoms with E-state index in [-0.39, 0.29) is 46.5 Å². The molecule has 0 spiro atoms. The zero-order valence-electron chi connectivity index (χ0n) is 20.4.